The summed E-state index contributed by atoms with van der Waals surface area (Å²) in [6.45, 7) is 5.73. The molecule has 0 atom stereocenters. The fraction of sp³-hybridized carbons (Fsp3) is 0.455. The van der Waals surface area contributed by atoms with Crippen LogP contribution in [0.5, 0.6) is 0 Å². The van der Waals surface area contributed by atoms with Crippen molar-refractivity contribution in [2.75, 3.05) is 19.0 Å². The topological polar surface area (TPSA) is 78.0 Å². The highest BCUT2D eigenvalue weighted by molar-refractivity contribution is 5.94. The predicted molar refractivity (Wildman–Crippen MR) is 65.5 cm³/mol. The third kappa shape index (κ3) is 4.16. The summed E-state index contributed by atoms with van der Waals surface area (Å²) in [5.74, 6) is -0.319. The molecule has 0 aliphatic heterocycles. The van der Waals surface area contributed by atoms with Crippen molar-refractivity contribution in [3.8, 4) is 0 Å². The summed E-state index contributed by atoms with van der Waals surface area (Å²) in [6, 6.07) is 1.87. The van der Waals surface area contributed by atoms with Crippen LogP contribution in [-0.4, -0.2) is 30.8 Å². The molecule has 0 aromatic carbocycles. The molecular formula is C11H19N3O2. The first-order valence-corrected chi connectivity index (χ1v) is 5.10. The summed E-state index contributed by atoms with van der Waals surface area (Å²) >= 11 is 0. The zero-order chi connectivity index (χ0) is 12.6. The summed E-state index contributed by atoms with van der Waals surface area (Å²) in [5.41, 5.74) is 2.20. The van der Waals surface area contributed by atoms with E-state index in [-0.39, 0.29) is 5.97 Å². The van der Waals surface area contributed by atoms with E-state index in [9.17, 15) is 4.79 Å². The van der Waals surface area contributed by atoms with Crippen molar-refractivity contribution < 1.29 is 9.53 Å². The lowest BCUT2D eigenvalue weighted by Crippen LogP contribution is -2.07. The number of hydrogen-bond donors (Lipinski definition) is 3. The Hall–Kier alpha value is -1.78. The molecule has 0 saturated carbocycles. The zero-order valence-electron chi connectivity index (χ0n) is 10.2. The van der Waals surface area contributed by atoms with E-state index in [2.05, 4.69) is 10.3 Å². The molecule has 0 fully saturated rings. The van der Waals surface area contributed by atoms with Gasteiger partial charge in [0.25, 0.3) is 0 Å². The van der Waals surface area contributed by atoms with E-state index >= 15 is 0 Å². The molecular weight excluding hydrogens is 206 g/mol. The number of hydrogen-bond acceptors (Lipinski definition) is 4. The van der Waals surface area contributed by atoms with E-state index in [1.165, 1.54) is 6.21 Å². The highest BCUT2D eigenvalue weighted by Gasteiger charge is 2.13. The number of esters is 1. The minimum atomic E-state index is -0.319. The fourth-order valence-electron chi connectivity index (χ4n) is 1.15. The van der Waals surface area contributed by atoms with Crippen LogP contribution in [0.1, 0.15) is 30.0 Å². The molecule has 0 aliphatic carbocycles. The van der Waals surface area contributed by atoms with Gasteiger partial charge in [-0.15, -0.1) is 0 Å². The Labute approximate surface area is 95.7 Å². The number of anilines is 1. The molecule has 0 aliphatic rings. The maximum absolute atomic E-state index is 11.3. The highest BCUT2D eigenvalue weighted by atomic mass is 16.5. The Morgan fingerprint density at radius 2 is 2.25 bits per heavy atom. The van der Waals surface area contributed by atoms with Gasteiger partial charge in [0.15, 0.2) is 0 Å². The van der Waals surface area contributed by atoms with E-state index in [0.717, 1.165) is 11.4 Å². The molecule has 0 unspecified atom stereocenters. The lowest BCUT2D eigenvalue weighted by molar-refractivity contribution is 0.0521. The molecule has 0 spiro atoms. The molecule has 16 heavy (non-hydrogen) atoms. The van der Waals surface area contributed by atoms with Gasteiger partial charge < -0.3 is 20.4 Å². The van der Waals surface area contributed by atoms with Crippen LogP contribution >= 0.6 is 0 Å². The summed E-state index contributed by atoms with van der Waals surface area (Å²) < 4.78 is 4.87. The molecule has 0 bridgehead atoms. The van der Waals surface area contributed by atoms with Gasteiger partial charge in [0, 0.05) is 12.7 Å². The van der Waals surface area contributed by atoms with Crippen molar-refractivity contribution in [3.63, 3.8) is 0 Å². The molecule has 5 heteroatoms. The number of aryl methyl sites for hydroxylation is 1. The Bertz CT molecular complexity index is 345. The number of carbonyl (C=O) groups excluding carboxylic acids is 1. The SMILES string of the molecule is CC=N.CCOC(=O)c1[nH]c(C)cc1NC. The van der Waals surface area contributed by atoms with Gasteiger partial charge in [-0.3, -0.25) is 0 Å². The van der Waals surface area contributed by atoms with Gasteiger partial charge in [-0.1, -0.05) is 0 Å². The number of carbonyl (C=O) groups is 1. The highest BCUT2D eigenvalue weighted by Crippen LogP contribution is 2.16. The first-order chi connectivity index (χ1) is 7.60. The molecule has 1 aromatic heterocycles. The number of H-pyrrole nitrogens is 1. The summed E-state index contributed by atoms with van der Waals surface area (Å²) in [5, 5.41) is 9.01. The Morgan fingerprint density at radius 3 is 2.69 bits per heavy atom. The molecule has 0 amide bonds. The van der Waals surface area contributed by atoms with Crippen LogP contribution in [0.4, 0.5) is 5.69 Å². The van der Waals surface area contributed by atoms with Crippen LogP contribution in [0.25, 0.3) is 0 Å². The third-order valence-electron chi connectivity index (χ3n) is 1.70. The standard InChI is InChI=1S/C9H14N2O2.C2H5N/c1-4-13-9(12)8-7(10-3)5-6(2)11-8;1-2-3/h5,10-11H,4H2,1-3H3;2-3H,1H3. The third-order valence-corrected chi connectivity index (χ3v) is 1.70. The Balaban J connectivity index is 0.000000673. The van der Waals surface area contributed by atoms with Gasteiger partial charge in [-0.25, -0.2) is 4.79 Å². The summed E-state index contributed by atoms with van der Waals surface area (Å²) in [4.78, 5) is 14.3. The molecule has 0 radical (unpaired) electrons. The number of aromatic nitrogens is 1. The smallest absolute Gasteiger partial charge is 0.356 e. The minimum absolute atomic E-state index is 0.319. The largest absolute Gasteiger partial charge is 0.461 e. The molecule has 90 valence electrons. The average molecular weight is 225 g/mol. The van der Waals surface area contributed by atoms with E-state index in [1.54, 1.807) is 20.9 Å². The zero-order valence-corrected chi connectivity index (χ0v) is 10.2. The van der Waals surface area contributed by atoms with Crippen molar-refractivity contribution in [2.45, 2.75) is 20.8 Å². The van der Waals surface area contributed by atoms with Gasteiger partial charge >= 0.3 is 5.97 Å². The van der Waals surface area contributed by atoms with Crippen LogP contribution in [0.3, 0.4) is 0 Å². The number of ether oxygens (including phenoxy) is 1. The number of rotatable bonds is 3. The lowest BCUT2D eigenvalue weighted by atomic mass is 10.3. The van der Waals surface area contributed by atoms with Gasteiger partial charge in [0.05, 0.1) is 12.3 Å². The van der Waals surface area contributed by atoms with E-state index in [1.807, 2.05) is 13.0 Å². The molecule has 1 aromatic rings. The molecule has 1 rings (SSSR count). The summed E-state index contributed by atoms with van der Waals surface area (Å²) in [6.07, 6.45) is 1.25. The fourth-order valence-corrected chi connectivity index (χ4v) is 1.15. The van der Waals surface area contributed by atoms with Crippen molar-refractivity contribution in [1.29, 1.82) is 5.41 Å². The average Bonchev–Trinajstić information content (AvgIpc) is 2.61. The van der Waals surface area contributed by atoms with Crippen LogP contribution < -0.4 is 5.32 Å². The van der Waals surface area contributed by atoms with Crippen molar-refractivity contribution in [2.24, 2.45) is 0 Å². The van der Waals surface area contributed by atoms with Crippen LogP contribution in [0, 0.1) is 12.3 Å². The van der Waals surface area contributed by atoms with Gasteiger partial charge in [-0.2, -0.15) is 0 Å². The molecule has 3 N–H and O–H groups in total. The van der Waals surface area contributed by atoms with E-state index in [0.29, 0.717) is 12.3 Å². The molecule has 1 heterocycles. The predicted octanol–water partition coefficient (Wildman–Crippen LogP) is 2.20. The van der Waals surface area contributed by atoms with Crippen molar-refractivity contribution >= 4 is 17.9 Å². The maximum atomic E-state index is 11.3. The molecule has 0 saturated heterocycles. The van der Waals surface area contributed by atoms with Gasteiger partial charge in [0.2, 0.25) is 0 Å². The summed E-state index contributed by atoms with van der Waals surface area (Å²) in [7, 11) is 1.77. The monoisotopic (exact) mass is 225 g/mol. The second kappa shape index (κ2) is 7.50. The van der Waals surface area contributed by atoms with Gasteiger partial charge in [0.1, 0.15) is 5.69 Å². The number of aromatic amines is 1. The normalized spacial score (nSPS) is 8.75. The van der Waals surface area contributed by atoms with Crippen LogP contribution in [0.2, 0.25) is 0 Å². The first kappa shape index (κ1) is 14.2. The quantitative estimate of drug-likeness (QED) is 0.545. The maximum Gasteiger partial charge on any atom is 0.356 e. The molecule has 5 nitrogen and oxygen atoms in total. The lowest BCUT2D eigenvalue weighted by Gasteiger charge is -2.01. The van der Waals surface area contributed by atoms with Crippen LogP contribution in [-0.2, 0) is 4.74 Å². The van der Waals surface area contributed by atoms with Crippen molar-refractivity contribution in [3.05, 3.63) is 17.5 Å². The van der Waals surface area contributed by atoms with Crippen LogP contribution in [0.15, 0.2) is 6.07 Å². The second-order valence-electron chi connectivity index (χ2n) is 3.00. The minimum Gasteiger partial charge on any atom is -0.461 e. The van der Waals surface area contributed by atoms with Crippen molar-refractivity contribution in [1.82, 2.24) is 4.98 Å². The number of nitrogens with one attached hydrogen (secondary N) is 3. The van der Waals surface area contributed by atoms with E-state index < -0.39 is 0 Å². The first-order valence-electron chi connectivity index (χ1n) is 5.10. The van der Waals surface area contributed by atoms with E-state index in [4.69, 9.17) is 10.1 Å². The van der Waals surface area contributed by atoms with Gasteiger partial charge in [-0.05, 0) is 33.1 Å². The second-order valence-corrected chi connectivity index (χ2v) is 3.00. The Kier molecular flexibility index (Phi) is 6.67. The Morgan fingerprint density at radius 1 is 1.69 bits per heavy atom.